The van der Waals surface area contributed by atoms with E-state index in [0.717, 1.165) is 56.6 Å². The minimum atomic E-state index is -4.64. The standard InChI is InChI=1S/C21H22F3N3OS/c22-21(23,24)28-17-8-6-16(7-9-17)3-2-10-26-11-13-27(14-12-26)18-4-1-5-19-20(18)25-15-29-19/h1,4-9,15H,2-3,10-14H2. The number of halogens is 3. The molecule has 29 heavy (non-hydrogen) atoms. The van der Waals surface area contributed by atoms with E-state index in [0.29, 0.717) is 0 Å². The van der Waals surface area contributed by atoms with Crippen LogP contribution >= 0.6 is 11.3 Å². The van der Waals surface area contributed by atoms with Crippen molar-refractivity contribution < 1.29 is 17.9 Å². The van der Waals surface area contributed by atoms with E-state index in [4.69, 9.17) is 0 Å². The van der Waals surface area contributed by atoms with Crippen LogP contribution in [0.3, 0.4) is 0 Å². The topological polar surface area (TPSA) is 28.6 Å². The summed E-state index contributed by atoms with van der Waals surface area (Å²) in [7, 11) is 0. The molecule has 1 aromatic heterocycles. The molecular formula is C21H22F3N3OS. The highest BCUT2D eigenvalue weighted by Gasteiger charge is 2.30. The molecule has 0 radical (unpaired) electrons. The molecule has 4 rings (SSSR count). The molecule has 1 fully saturated rings. The van der Waals surface area contributed by atoms with Gasteiger partial charge in [-0.15, -0.1) is 24.5 Å². The second kappa shape index (κ2) is 8.59. The van der Waals surface area contributed by atoms with E-state index in [2.05, 4.69) is 37.7 Å². The molecule has 3 aromatic rings. The molecule has 0 spiro atoms. The van der Waals surface area contributed by atoms with E-state index in [1.807, 2.05) is 5.51 Å². The molecule has 1 aliphatic heterocycles. The first kappa shape index (κ1) is 20.0. The highest BCUT2D eigenvalue weighted by Crippen LogP contribution is 2.29. The fourth-order valence-electron chi connectivity index (χ4n) is 3.70. The lowest BCUT2D eigenvalue weighted by Gasteiger charge is -2.36. The van der Waals surface area contributed by atoms with Crippen LogP contribution < -0.4 is 9.64 Å². The smallest absolute Gasteiger partial charge is 0.406 e. The molecule has 0 bridgehead atoms. The van der Waals surface area contributed by atoms with Gasteiger partial charge in [-0.25, -0.2) is 4.98 Å². The molecule has 2 aromatic carbocycles. The Morgan fingerprint density at radius 3 is 2.48 bits per heavy atom. The van der Waals surface area contributed by atoms with Gasteiger partial charge in [0.15, 0.2) is 0 Å². The zero-order chi connectivity index (χ0) is 20.3. The van der Waals surface area contributed by atoms with Crippen LogP contribution in [0.2, 0.25) is 0 Å². The van der Waals surface area contributed by atoms with Crippen LogP contribution in [0.25, 0.3) is 10.2 Å². The number of para-hydroxylation sites is 1. The number of nitrogens with zero attached hydrogens (tertiary/aromatic N) is 3. The van der Waals surface area contributed by atoms with E-state index in [-0.39, 0.29) is 5.75 Å². The Labute approximate surface area is 171 Å². The van der Waals surface area contributed by atoms with Crippen molar-refractivity contribution in [2.45, 2.75) is 19.2 Å². The van der Waals surface area contributed by atoms with Crippen LogP contribution in [0.1, 0.15) is 12.0 Å². The first-order valence-corrected chi connectivity index (χ1v) is 10.5. The quantitative estimate of drug-likeness (QED) is 0.563. The average molecular weight is 421 g/mol. The first-order chi connectivity index (χ1) is 14.0. The number of hydrogen-bond acceptors (Lipinski definition) is 5. The number of aryl methyl sites for hydroxylation is 1. The minimum Gasteiger partial charge on any atom is -0.406 e. The average Bonchev–Trinajstić information content (AvgIpc) is 3.18. The Morgan fingerprint density at radius 1 is 1.00 bits per heavy atom. The van der Waals surface area contributed by atoms with Crippen molar-refractivity contribution in [2.75, 3.05) is 37.6 Å². The molecule has 0 atom stereocenters. The van der Waals surface area contributed by atoms with Gasteiger partial charge in [0.25, 0.3) is 0 Å². The monoisotopic (exact) mass is 421 g/mol. The van der Waals surface area contributed by atoms with Crippen LogP contribution in [0.4, 0.5) is 18.9 Å². The fraction of sp³-hybridized carbons (Fsp3) is 0.381. The summed E-state index contributed by atoms with van der Waals surface area (Å²) in [6, 6.07) is 12.5. The van der Waals surface area contributed by atoms with Crippen LogP contribution in [0.15, 0.2) is 48.0 Å². The van der Waals surface area contributed by atoms with Gasteiger partial charge in [0.1, 0.15) is 11.3 Å². The van der Waals surface area contributed by atoms with Crippen LogP contribution in [-0.4, -0.2) is 49.0 Å². The van der Waals surface area contributed by atoms with E-state index < -0.39 is 6.36 Å². The molecule has 1 aliphatic rings. The molecule has 0 saturated carbocycles. The summed E-state index contributed by atoms with van der Waals surface area (Å²) in [5, 5.41) is 0. The lowest BCUT2D eigenvalue weighted by atomic mass is 10.1. The third-order valence-electron chi connectivity index (χ3n) is 5.15. The van der Waals surface area contributed by atoms with E-state index >= 15 is 0 Å². The van der Waals surface area contributed by atoms with Gasteiger partial charge in [-0.1, -0.05) is 18.2 Å². The van der Waals surface area contributed by atoms with Crippen LogP contribution in [0.5, 0.6) is 5.75 Å². The summed E-state index contributed by atoms with van der Waals surface area (Å²) >= 11 is 1.67. The van der Waals surface area contributed by atoms with Gasteiger partial charge in [0.05, 0.1) is 15.9 Å². The lowest BCUT2D eigenvalue weighted by molar-refractivity contribution is -0.274. The van der Waals surface area contributed by atoms with E-state index in [1.165, 1.54) is 22.5 Å². The number of anilines is 1. The number of benzene rings is 2. The van der Waals surface area contributed by atoms with Gasteiger partial charge in [-0.05, 0) is 49.2 Å². The van der Waals surface area contributed by atoms with Crippen molar-refractivity contribution >= 4 is 27.2 Å². The number of alkyl halides is 3. The number of ether oxygens (including phenoxy) is 1. The Kier molecular flexibility index (Phi) is 5.91. The first-order valence-electron chi connectivity index (χ1n) is 9.62. The van der Waals surface area contributed by atoms with Gasteiger partial charge in [-0.2, -0.15) is 0 Å². The van der Waals surface area contributed by atoms with Crippen molar-refractivity contribution in [1.29, 1.82) is 0 Å². The third kappa shape index (κ3) is 5.19. The molecule has 2 heterocycles. The second-order valence-corrected chi connectivity index (χ2v) is 7.99. The van der Waals surface area contributed by atoms with Gasteiger partial charge >= 0.3 is 6.36 Å². The highest BCUT2D eigenvalue weighted by molar-refractivity contribution is 7.16. The molecule has 8 heteroatoms. The number of piperazine rings is 1. The zero-order valence-corrected chi connectivity index (χ0v) is 16.7. The Bertz CT molecular complexity index is 934. The van der Waals surface area contributed by atoms with Crippen molar-refractivity contribution in [3.05, 3.63) is 53.5 Å². The van der Waals surface area contributed by atoms with Gasteiger partial charge in [0.2, 0.25) is 0 Å². The largest absolute Gasteiger partial charge is 0.573 e. The van der Waals surface area contributed by atoms with Crippen LogP contribution in [0, 0.1) is 0 Å². The number of thiazole rings is 1. The van der Waals surface area contributed by atoms with Gasteiger partial charge in [0, 0.05) is 26.2 Å². The van der Waals surface area contributed by atoms with E-state index in [1.54, 1.807) is 23.5 Å². The van der Waals surface area contributed by atoms with Crippen molar-refractivity contribution in [1.82, 2.24) is 9.88 Å². The predicted octanol–water partition coefficient (Wildman–Crippen LogP) is 4.95. The maximum Gasteiger partial charge on any atom is 0.573 e. The Morgan fingerprint density at radius 2 is 1.76 bits per heavy atom. The molecule has 154 valence electrons. The molecule has 0 N–H and O–H groups in total. The zero-order valence-electron chi connectivity index (χ0n) is 15.9. The molecule has 0 unspecified atom stereocenters. The fourth-order valence-corrected chi connectivity index (χ4v) is 4.40. The summed E-state index contributed by atoms with van der Waals surface area (Å²) < 4.78 is 41.8. The molecular weight excluding hydrogens is 399 g/mol. The van der Waals surface area contributed by atoms with Gasteiger partial charge in [-0.3, -0.25) is 4.90 Å². The molecule has 0 aliphatic carbocycles. The molecule has 0 amide bonds. The summed E-state index contributed by atoms with van der Waals surface area (Å²) in [4.78, 5) is 9.36. The summed E-state index contributed by atoms with van der Waals surface area (Å²) in [5.41, 5.74) is 5.22. The number of aromatic nitrogens is 1. The third-order valence-corrected chi connectivity index (χ3v) is 5.94. The Balaban J connectivity index is 1.23. The number of fused-ring (bicyclic) bond motifs is 1. The number of rotatable bonds is 6. The van der Waals surface area contributed by atoms with E-state index in [9.17, 15) is 13.2 Å². The maximum atomic E-state index is 12.2. The van der Waals surface area contributed by atoms with Gasteiger partial charge < -0.3 is 9.64 Å². The predicted molar refractivity (Wildman–Crippen MR) is 110 cm³/mol. The van der Waals surface area contributed by atoms with Crippen LogP contribution in [-0.2, 0) is 6.42 Å². The Hall–Kier alpha value is -2.32. The maximum absolute atomic E-state index is 12.2. The summed E-state index contributed by atoms with van der Waals surface area (Å²) in [5.74, 6) is -0.174. The lowest BCUT2D eigenvalue weighted by Crippen LogP contribution is -2.46. The SMILES string of the molecule is FC(F)(F)Oc1ccc(CCCN2CCN(c3cccc4scnc34)CC2)cc1. The number of hydrogen-bond donors (Lipinski definition) is 0. The van der Waals surface area contributed by atoms with Crippen molar-refractivity contribution in [2.24, 2.45) is 0 Å². The molecule has 1 saturated heterocycles. The van der Waals surface area contributed by atoms with Crippen molar-refractivity contribution in [3.8, 4) is 5.75 Å². The molecule has 4 nitrogen and oxygen atoms in total. The summed E-state index contributed by atoms with van der Waals surface area (Å²) in [6.45, 7) is 4.92. The second-order valence-electron chi connectivity index (χ2n) is 7.10. The highest BCUT2D eigenvalue weighted by atomic mass is 32.1. The summed E-state index contributed by atoms with van der Waals surface area (Å²) in [6.07, 6.45) is -2.83. The van der Waals surface area contributed by atoms with Crippen molar-refractivity contribution in [3.63, 3.8) is 0 Å². The normalized spacial score (nSPS) is 15.8. The minimum absolute atomic E-state index is 0.174.